The van der Waals surface area contributed by atoms with Crippen LogP contribution in [0.15, 0.2) is 36.4 Å². The van der Waals surface area contributed by atoms with Crippen molar-refractivity contribution < 1.29 is 23.9 Å². The molecule has 2 bridgehead atoms. The highest BCUT2D eigenvalue weighted by molar-refractivity contribution is 6.24. The Morgan fingerprint density at radius 2 is 1.60 bits per heavy atom. The van der Waals surface area contributed by atoms with E-state index in [4.69, 9.17) is 0 Å². The van der Waals surface area contributed by atoms with Crippen molar-refractivity contribution in [3.8, 4) is 0 Å². The molecule has 0 unspecified atom stereocenters. The number of hydrogen-bond donors (Lipinski definition) is 0. The van der Waals surface area contributed by atoms with Gasteiger partial charge in [0.2, 0.25) is 17.7 Å². The summed E-state index contributed by atoms with van der Waals surface area (Å²) in [5, 5.41) is 0. The van der Waals surface area contributed by atoms with Crippen LogP contribution in [0.2, 0.25) is 0 Å². The van der Waals surface area contributed by atoms with Crippen molar-refractivity contribution >= 4 is 29.4 Å². The number of ether oxygens (including phenoxy) is 1. The van der Waals surface area contributed by atoms with E-state index in [1.165, 1.54) is 19.2 Å². The molecule has 4 atom stereocenters. The minimum absolute atomic E-state index is 0.127. The van der Waals surface area contributed by atoms with Crippen molar-refractivity contribution in [2.24, 2.45) is 17.8 Å². The van der Waals surface area contributed by atoms with Gasteiger partial charge < -0.3 is 9.64 Å². The molecule has 7 nitrogen and oxygen atoms in total. The molecule has 0 saturated carbocycles. The van der Waals surface area contributed by atoms with Crippen LogP contribution in [0.3, 0.4) is 0 Å². The van der Waals surface area contributed by atoms with Crippen LogP contribution in [-0.4, -0.2) is 48.8 Å². The summed E-state index contributed by atoms with van der Waals surface area (Å²) in [6, 6.07) is 5.71. The maximum Gasteiger partial charge on any atom is 0.337 e. The van der Waals surface area contributed by atoms with Crippen molar-refractivity contribution in [1.29, 1.82) is 0 Å². The molecule has 1 aromatic rings. The van der Waals surface area contributed by atoms with Crippen LogP contribution in [0.4, 0.5) is 5.69 Å². The molecule has 0 spiro atoms. The highest BCUT2D eigenvalue weighted by Gasteiger charge is 2.61. The molecule has 0 N–H and O–H groups in total. The monoisotopic (exact) mass is 340 g/mol. The Hall–Kier alpha value is -2.96. The van der Waals surface area contributed by atoms with E-state index in [1.54, 1.807) is 30.2 Å². The zero-order valence-electron chi connectivity index (χ0n) is 13.7. The largest absolute Gasteiger partial charge is 0.465 e. The van der Waals surface area contributed by atoms with Gasteiger partial charge in [-0.25, -0.2) is 9.69 Å². The number of fused-ring (bicyclic) bond motifs is 1. The Morgan fingerprint density at radius 3 is 2.24 bits per heavy atom. The minimum Gasteiger partial charge on any atom is -0.465 e. The van der Waals surface area contributed by atoms with Crippen LogP contribution >= 0.6 is 0 Å². The summed E-state index contributed by atoms with van der Waals surface area (Å²) < 4.78 is 4.64. The quantitative estimate of drug-likeness (QED) is 0.447. The van der Waals surface area contributed by atoms with Gasteiger partial charge in [-0.15, -0.1) is 0 Å². The molecular formula is C18H16N2O5. The first-order valence-electron chi connectivity index (χ1n) is 7.97. The molecule has 4 aliphatic rings. The molecule has 2 saturated heterocycles. The predicted octanol–water partition coefficient (Wildman–Crippen LogP) is 0.605. The van der Waals surface area contributed by atoms with E-state index in [9.17, 15) is 19.2 Å². The second kappa shape index (κ2) is 5.27. The fourth-order valence-electron chi connectivity index (χ4n) is 4.03. The molecule has 128 valence electrons. The predicted molar refractivity (Wildman–Crippen MR) is 86.4 cm³/mol. The average molecular weight is 340 g/mol. The third kappa shape index (κ3) is 1.98. The van der Waals surface area contributed by atoms with E-state index in [0.29, 0.717) is 11.3 Å². The molecule has 2 fully saturated rings. The van der Waals surface area contributed by atoms with Crippen molar-refractivity contribution in [3.05, 3.63) is 42.0 Å². The number of amides is 3. The van der Waals surface area contributed by atoms with Crippen molar-refractivity contribution in [3.63, 3.8) is 0 Å². The van der Waals surface area contributed by atoms with Gasteiger partial charge in [-0.3, -0.25) is 14.4 Å². The second-order valence-electron chi connectivity index (χ2n) is 6.45. The highest BCUT2D eigenvalue weighted by atomic mass is 16.5. The van der Waals surface area contributed by atoms with Gasteiger partial charge in [0.25, 0.3) is 0 Å². The number of imide groups is 1. The van der Waals surface area contributed by atoms with E-state index in [-0.39, 0.29) is 17.7 Å². The molecular weight excluding hydrogens is 324 g/mol. The summed E-state index contributed by atoms with van der Waals surface area (Å²) >= 11 is 0. The van der Waals surface area contributed by atoms with E-state index in [2.05, 4.69) is 4.74 Å². The first-order valence-corrected chi connectivity index (χ1v) is 7.97. The molecule has 25 heavy (non-hydrogen) atoms. The summed E-state index contributed by atoms with van der Waals surface area (Å²) in [6.45, 7) is 0. The van der Waals surface area contributed by atoms with Crippen LogP contribution < -0.4 is 4.90 Å². The molecule has 3 amide bonds. The number of rotatable bonds is 2. The number of likely N-dealkylation sites (N-methyl/N-ethyl adjacent to an activating group) is 1. The molecule has 1 aliphatic carbocycles. The van der Waals surface area contributed by atoms with Gasteiger partial charge in [0.1, 0.15) is 0 Å². The van der Waals surface area contributed by atoms with Crippen LogP contribution in [0.1, 0.15) is 10.4 Å². The fraction of sp³-hybridized carbons (Fsp3) is 0.333. The Bertz CT molecular complexity index is 828. The second-order valence-corrected chi connectivity index (χ2v) is 6.45. The van der Waals surface area contributed by atoms with Crippen LogP contribution in [-0.2, 0) is 19.1 Å². The molecule has 3 aliphatic heterocycles. The number of anilines is 1. The third-order valence-corrected chi connectivity index (χ3v) is 5.30. The van der Waals surface area contributed by atoms with E-state index >= 15 is 0 Å². The first kappa shape index (κ1) is 15.6. The van der Waals surface area contributed by atoms with Gasteiger partial charge in [-0.05, 0) is 24.3 Å². The minimum atomic E-state index is -0.647. The highest BCUT2D eigenvalue weighted by Crippen LogP contribution is 2.46. The van der Waals surface area contributed by atoms with Gasteiger partial charge in [-0.1, -0.05) is 12.2 Å². The summed E-state index contributed by atoms with van der Waals surface area (Å²) in [5.74, 6) is -3.07. The number of hydrogen-bond acceptors (Lipinski definition) is 5. The lowest BCUT2D eigenvalue weighted by atomic mass is 9.70. The molecule has 0 aromatic heterocycles. The first-order chi connectivity index (χ1) is 12.0. The lowest BCUT2D eigenvalue weighted by Gasteiger charge is -2.44. The van der Waals surface area contributed by atoms with Gasteiger partial charge in [0.15, 0.2) is 0 Å². The number of carbonyl (C=O) groups excluding carboxylic acids is 4. The SMILES string of the molecule is COC(=O)c1ccc(N2C(=O)[C@@H]3[C@H](C2=O)[C@H]2C=C[C@H]3C(=O)N2C)cc1. The number of benzene rings is 1. The van der Waals surface area contributed by atoms with Crippen LogP contribution in [0, 0.1) is 17.8 Å². The number of carbonyl (C=O) groups is 4. The summed E-state index contributed by atoms with van der Waals surface area (Å²) in [4.78, 5) is 52.3. The lowest BCUT2D eigenvalue weighted by molar-refractivity contribution is -0.148. The van der Waals surface area contributed by atoms with E-state index < -0.39 is 29.8 Å². The Labute approximate surface area is 143 Å². The standard InChI is InChI=1S/C18H16N2O5/c1-19-12-8-7-11(15(19)21)13-14(12)17(23)20(16(13)22)10-5-3-9(4-6-10)18(24)25-2/h3-8,11-14H,1-2H3/t11-,12-,13+,14-/m1/s1. The summed E-state index contributed by atoms with van der Waals surface area (Å²) in [5.41, 5.74) is 0.728. The van der Waals surface area contributed by atoms with Gasteiger partial charge in [-0.2, -0.15) is 0 Å². The number of esters is 1. The number of nitrogens with zero attached hydrogens (tertiary/aromatic N) is 2. The topological polar surface area (TPSA) is 84.0 Å². The summed E-state index contributed by atoms with van der Waals surface area (Å²) in [7, 11) is 2.94. The fourth-order valence-corrected chi connectivity index (χ4v) is 4.03. The Kier molecular flexibility index (Phi) is 3.28. The lowest BCUT2D eigenvalue weighted by Crippen LogP contribution is -2.57. The van der Waals surface area contributed by atoms with Gasteiger partial charge >= 0.3 is 5.97 Å². The van der Waals surface area contributed by atoms with Crippen molar-refractivity contribution in [1.82, 2.24) is 4.90 Å². The van der Waals surface area contributed by atoms with Crippen molar-refractivity contribution in [2.75, 3.05) is 19.1 Å². The molecule has 0 radical (unpaired) electrons. The Morgan fingerprint density at radius 1 is 0.960 bits per heavy atom. The molecule has 3 heterocycles. The zero-order valence-corrected chi connectivity index (χ0v) is 13.7. The van der Waals surface area contributed by atoms with E-state index in [1.807, 2.05) is 6.08 Å². The van der Waals surface area contributed by atoms with Gasteiger partial charge in [0.05, 0.1) is 42.2 Å². The molecule has 7 heteroatoms. The molecule has 1 aromatic carbocycles. The Balaban J connectivity index is 1.70. The van der Waals surface area contributed by atoms with Crippen LogP contribution in [0.5, 0.6) is 0 Å². The summed E-state index contributed by atoms with van der Waals surface area (Å²) in [6.07, 6.45) is 3.57. The third-order valence-electron chi connectivity index (χ3n) is 5.30. The normalized spacial score (nSPS) is 30.1. The number of piperidine rings is 1. The van der Waals surface area contributed by atoms with Crippen molar-refractivity contribution in [2.45, 2.75) is 6.04 Å². The van der Waals surface area contributed by atoms with Crippen LogP contribution in [0.25, 0.3) is 0 Å². The maximum atomic E-state index is 12.9. The van der Waals surface area contributed by atoms with E-state index in [0.717, 1.165) is 4.90 Å². The average Bonchev–Trinajstić information content (AvgIpc) is 2.90. The maximum absolute atomic E-state index is 12.9. The smallest absolute Gasteiger partial charge is 0.337 e. The zero-order chi connectivity index (χ0) is 17.9. The number of methoxy groups -OCH3 is 1. The van der Waals surface area contributed by atoms with Gasteiger partial charge in [0, 0.05) is 7.05 Å². The molecule has 5 rings (SSSR count).